The molecule has 13 heteroatoms. The standard InChI is InChI=1S/C22H21Cl2N3O6S2/c23-14-8-12(10-25-17(28)4-3-13-2-1-5-33-13)9-15(24)18(14)19(29)27-16(21(31)32)11-26-20(30)22-34-6-7-35-22/h1-5,8-9,16,22H,6-7,10-11H2,(H,25,28)(H,26,30)(H,27,29)(H,31,32)/b4-3+. The number of benzene rings is 1. The van der Waals surface area contributed by atoms with Gasteiger partial charge in [0.25, 0.3) is 5.91 Å². The molecule has 9 nitrogen and oxygen atoms in total. The molecule has 0 saturated carbocycles. The van der Waals surface area contributed by atoms with Crippen molar-refractivity contribution in [3.63, 3.8) is 0 Å². The highest BCUT2D eigenvalue weighted by Gasteiger charge is 2.28. The predicted molar refractivity (Wildman–Crippen MR) is 137 cm³/mol. The van der Waals surface area contributed by atoms with Crippen LogP contribution in [0.2, 0.25) is 10.0 Å². The van der Waals surface area contributed by atoms with E-state index in [0.29, 0.717) is 11.3 Å². The van der Waals surface area contributed by atoms with Crippen molar-refractivity contribution in [2.45, 2.75) is 17.2 Å². The lowest BCUT2D eigenvalue weighted by atomic mass is 10.1. The van der Waals surface area contributed by atoms with Crippen LogP contribution in [0.15, 0.2) is 41.0 Å². The molecule has 0 radical (unpaired) electrons. The monoisotopic (exact) mass is 557 g/mol. The van der Waals surface area contributed by atoms with E-state index in [9.17, 15) is 24.3 Å². The van der Waals surface area contributed by atoms with Gasteiger partial charge in [-0.15, -0.1) is 23.5 Å². The lowest BCUT2D eigenvalue weighted by molar-refractivity contribution is -0.139. The zero-order chi connectivity index (χ0) is 25.4. The summed E-state index contributed by atoms with van der Waals surface area (Å²) in [5, 5.41) is 17.0. The van der Waals surface area contributed by atoms with E-state index in [-0.39, 0.29) is 45.1 Å². The number of carboxylic acids is 1. The summed E-state index contributed by atoms with van der Waals surface area (Å²) in [5.74, 6) is -0.573. The summed E-state index contributed by atoms with van der Waals surface area (Å²) in [6, 6.07) is 4.91. The first-order valence-corrected chi connectivity index (χ1v) is 13.1. The summed E-state index contributed by atoms with van der Waals surface area (Å²) >= 11 is 15.4. The molecule has 1 aliphatic rings. The molecule has 0 aliphatic carbocycles. The minimum Gasteiger partial charge on any atom is -0.480 e. The summed E-state index contributed by atoms with van der Waals surface area (Å²) in [4.78, 5) is 48.5. The third-order valence-corrected chi connectivity index (χ3v) is 8.24. The van der Waals surface area contributed by atoms with Crippen LogP contribution in [-0.4, -0.2) is 57.5 Å². The van der Waals surface area contributed by atoms with E-state index in [1.165, 1.54) is 54.1 Å². The maximum absolute atomic E-state index is 12.7. The third-order valence-electron chi connectivity index (χ3n) is 4.66. The Balaban J connectivity index is 1.58. The van der Waals surface area contributed by atoms with Gasteiger partial charge in [0, 0.05) is 30.7 Å². The van der Waals surface area contributed by atoms with E-state index in [1.54, 1.807) is 12.1 Å². The van der Waals surface area contributed by atoms with Crippen molar-refractivity contribution in [3.8, 4) is 0 Å². The molecule has 3 amide bonds. The predicted octanol–water partition coefficient (Wildman–Crippen LogP) is 3.02. The van der Waals surface area contributed by atoms with E-state index in [2.05, 4.69) is 16.0 Å². The van der Waals surface area contributed by atoms with Crippen molar-refractivity contribution in [3.05, 3.63) is 63.5 Å². The highest BCUT2D eigenvalue weighted by atomic mass is 35.5. The number of aliphatic carboxylic acids is 1. The fraction of sp³-hybridized carbons (Fsp3) is 0.273. The van der Waals surface area contributed by atoms with Crippen molar-refractivity contribution in [2.75, 3.05) is 18.1 Å². The van der Waals surface area contributed by atoms with Gasteiger partial charge >= 0.3 is 5.97 Å². The van der Waals surface area contributed by atoms with Crippen LogP contribution in [-0.2, 0) is 20.9 Å². The molecule has 186 valence electrons. The third kappa shape index (κ3) is 7.96. The molecule has 1 unspecified atom stereocenters. The Morgan fingerprint density at radius 2 is 1.83 bits per heavy atom. The Morgan fingerprint density at radius 1 is 1.14 bits per heavy atom. The fourth-order valence-corrected chi connectivity index (χ4v) is 6.30. The van der Waals surface area contributed by atoms with Gasteiger partial charge in [0.15, 0.2) is 0 Å². The van der Waals surface area contributed by atoms with Crippen LogP contribution in [0.5, 0.6) is 0 Å². The maximum atomic E-state index is 12.7. The molecule has 35 heavy (non-hydrogen) atoms. The molecule has 3 rings (SSSR count). The number of furan rings is 1. The van der Waals surface area contributed by atoms with Crippen LogP contribution in [0.4, 0.5) is 0 Å². The first-order valence-electron chi connectivity index (χ1n) is 10.3. The van der Waals surface area contributed by atoms with Crippen molar-refractivity contribution in [1.29, 1.82) is 0 Å². The summed E-state index contributed by atoms with van der Waals surface area (Å²) in [6.07, 6.45) is 4.30. The van der Waals surface area contributed by atoms with Crippen molar-refractivity contribution < 1.29 is 28.7 Å². The number of thioether (sulfide) groups is 2. The Kier molecular flexibility index (Phi) is 9.96. The van der Waals surface area contributed by atoms with Gasteiger partial charge in [-0.25, -0.2) is 4.79 Å². The van der Waals surface area contributed by atoms with Gasteiger partial charge in [0.05, 0.1) is 21.9 Å². The second-order valence-corrected chi connectivity index (χ2v) is 10.7. The first-order chi connectivity index (χ1) is 16.7. The van der Waals surface area contributed by atoms with E-state index < -0.39 is 17.9 Å². The van der Waals surface area contributed by atoms with Crippen LogP contribution in [0.3, 0.4) is 0 Å². The maximum Gasteiger partial charge on any atom is 0.328 e. The van der Waals surface area contributed by atoms with Crippen molar-refractivity contribution in [2.24, 2.45) is 0 Å². The molecular weight excluding hydrogens is 537 g/mol. The van der Waals surface area contributed by atoms with E-state index in [4.69, 9.17) is 27.6 Å². The van der Waals surface area contributed by atoms with E-state index in [0.717, 1.165) is 11.5 Å². The van der Waals surface area contributed by atoms with Gasteiger partial charge in [0.2, 0.25) is 11.8 Å². The van der Waals surface area contributed by atoms with Gasteiger partial charge in [-0.1, -0.05) is 23.2 Å². The van der Waals surface area contributed by atoms with Crippen LogP contribution < -0.4 is 16.0 Å². The second-order valence-electron chi connectivity index (χ2n) is 7.18. The van der Waals surface area contributed by atoms with Gasteiger partial charge < -0.3 is 25.5 Å². The first kappa shape index (κ1) is 27.0. The van der Waals surface area contributed by atoms with Crippen LogP contribution in [0.1, 0.15) is 21.7 Å². The van der Waals surface area contributed by atoms with Crippen molar-refractivity contribution in [1.82, 2.24) is 16.0 Å². The summed E-state index contributed by atoms with van der Waals surface area (Å²) < 4.78 is 4.81. The summed E-state index contributed by atoms with van der Waals surface area (Å²) in [5.41, 5.74) is 0.422. The number of carbonyl (C=O) groups excluding carboxylic acids is 3. The number of halogens is 2. The average molecular weight is 558 g/mol. The summed E-state index contributed by atoms with van der Waals surface area (Å²) in [7, 11) is 0. The highest BCUT2D eigenvalue weighted by molar-refractivity contribution is 8.21. The quantitative estimate of drug-likeness (QED) is 0.327. The number of hydrogen-bond donors (Lipinski definition) is 4. The number of nitrogens with one attached hydrogen (secondary N) is 3. The Hall–Kier alpha value is -2.60. The minimum absolute atomic E-state index is 0.0164. The Morgan fingerprint density at radius 3 is 2.43 bits per heavy atom. The zero-order valence-corrected chi connectivity index (χ0v) is 21.2. The van der Waals surface area contributed by atoms with Crippen molar-refractivity contribution >= 4 is 76.5 Å². The molecular formula is C22H21Cl2N3O6S2. The topological polar surface area (TPSA) is 138 Å². The second kappa shape index (κ2) is 12.9. The minimum atomic E-state index is -1.38. The molecule has 2 aromatic rings. The van der Waals surface area contributed by atoms with Gasteiger partial charge in [0.1, 0.15) is 16.4 Å². The number of rotatable bonds is 10. The normalized spacial score (nSPS) is 14.6. The molecule has 1 atom stereocenters. The van der Waals surface area contributed by atoms with Gasteiger partial charge in [-0.3, -0.25) is 14.4 Å². The van der Waals surface area contributed by atoms with Gasteiger partial charge in [-0.2, -0.15) is 0 Å². The lowest BCUT2D eigenvalue weighted by Crippen LogP contribution is -2.49. The van der Waals surface area contributed by atoms with E-state index >= 15 is 0 Å². The molecule has 0 spiro atoms. The Labute approximate surface area is 219 Å². The molecule has 1 fully saturated rings. The van der Waals surface area contributed by atoms with E-state index in [1.807, 2.05) is 0 Å². The number of carboxylic acid groups (broad SMARTS) is 1. The molecule has 2 heterocycles. The fourth-order valence-electron chi connectivity index (χ4n) is 2.96. The summed E-state index contributed by atoms with van der Waals surface area (Å²) in [6.45, 7) is -0.202. The number of hydrogen-bond acceptors (Lipinski definition) is 7. The number of carbonyl (C=O) groups is 4. The molecule has 1 aromatic heterocycles. The number of amides is 3. The van der Waals surface area contributed by atoms with Crippen LogP contribution in [0, 0.1) is 0 Å². The lowest BCUT2D eigenvalue weighted by Gasteiger charge is -2.18. The SMILES string of the molecule is O=C(/C=C/c1ccco1)NCc1cc(Cl)c(C(=O)NC(CNC(=O)C2SCCS2)C(=O)O)c(Cl)c1. The van der Waals surface area contributed by atoms with Gasteiger partial charge in [-0.05, 0) is 35.9 Å². The van der Waals surface area contributed by atoms with Crippen LogP contribution in [0.25, 0.3) is 6.08 Å². The molecule has 1 aliphatic heterocycles. The molecule has 4 N–H and O–H groups in total. The zero-order valence-electron chi connectivity index (χ0n) is 18.1. The molecule has 1 aromatic carbocycles. The smallest absolute Gasteiger partial charge is 0.328 e. The largest absolute Gasteiger partial charge is 0.480 e. The Bertz CT molecular complexity index is 1100. The average Bonchev–Trinajstić information content (AvgIpc) is 3.52. The highest BCUT2D eigenvalue weighted by Crippen LogP contribution is 2.31. The van der Waals surface area contributed by atoms with Crippen LogP contribution >= 0.6 is 46.7 Å². The molecule has 0 bridgehead atoms. The molecule has 1 saturated heterocycles.